The second kappa shape index (κ2) is 7.63. The Morgan fingerprint density at radius 1 is 1.29 bits per heavy atom. The van der Waals surface area contributed by atoms with Crippen molar-refractivity contribution in [3.05, 3.63) is 28.2 Å². The van der Waals surface area contributed by atoms with Crippen molar-refractivity contribution in [2.75, 3.05) is 25.5 Å². The van der Waals surface area contributed by atoms with Crippen molar-refractivity contribution in [1.29, 1.82) is 0 Å². The molecule has 0 bridgehead atoms. The minimum Gasteiger partial charge on any atom is -0.478 e. The SMILES string of the molecule is CCN(CC(=O)NC)C(=O)Nc1cc(Br)cc(C(=O)O)c1. The Bertz CT molecular complexity index is 562. The van der Waals surface area contributed by atoms with Crippen LogP contribution >= 0.6 is 15.9 Å². The van der Waals surface area contributed by atoms with Gasteiger partial charge in [-0.3, -0.25) is 4.79 Å². The van der Waals surface area contributed by atoms with Crippen molar-refractivity contribution in [3.63, 3.8) is 0 Å². The first-order chi connectivity index (χ1) is 9.87. The molecule has 0 aliphatic carbocycles. The molecule has 0 aliphatic rings. The number of nitrogens with zero attached hydrogens (tertiary/aromatic N) is 1. The molecule has 0 radical (unpaired) electrons. The number of benzene rings is 1. The molecule has 0 saturated heterocycles. The van der Waals surface area contributed by atoms with Crippen LogP contribution in [-0.4, -0.2) is 48.1 Å². The number of amides is 3. The first-order valence-corrected chi connectivity index (χ1v) is 6.97. The van der Waals surface area contributed by atoms with Crippen LogP contribution in [0.3, 0.4) is 0 Å². The smallest absolute Gasteiger partial charge is 0.335 e. The Morgan fingerprint density at radius 2 is 1.95 bits per heavy atom. The molecule has 7 nitrogen and oxygen atoms in total. The molecule has 0 heterocycles. The van der Waals surface area contributed by atoms with E-state index < -0.39 is 12.0 Å². The molecule has 21 heavy (non-hydrogen) atoms. The van der Waals surface area contributed by atoms with Crippen LogP contribution in [0.2, 0.25) is 0 Å². The minimum absolute atomic E-state index is 0.0500. The number of hydrogen-bond donors (Lipinski definition) is 3. The van der Waals surface area contributed by atoms with Gasteiger partial charge in [0.15, 0.2) is 0 Å². The van der Waals surface area contributed by atoms with Gasteiger partial charge in [-0.05, 0) is 25.1 Å². The zero-order valence-electron chi connectivity index (χ0n) is 11.6. The van der Waals surface area contributed by atoms with Gasteiger partial charge in [-0.1, -0.05) is 15.9 Å². The zero-order valence-corrected chi connectivity index (χ0v) is 13.2. The van der Waals surface area contributed by atoms with E-state index in [1.807, 2.05) is 0 Å². The van der Waals surface area contributed by atoms with E-state index in [4.69, 9.17) is 5.11 Å². The summed E-state index contributed by atoms with van der Waals surface area (Å²) in [5, 5.41) is 14.0. The molecular weight excluding hydrogens is 342 g/mol. The van der Waals surface area contributed by atoms with Gasteiger partial charge in [0.2, 0.25) is 5.91 Å². The van der Waals surface area contributed by atoms with Crippen molar-refractivity contribution < 1.29 is 19.5 Å². The van der Waals surface area contributed by atoms with Crippen LogP contribution in [-0.2, 0) is 4.79 Å². The number of carboxylic acids is 1. The van der Waals surface area contributed by atoms with E-state index in [-0.39, 0.29) is 18.0 Å². The number of hydrogen-bond acceptors (Lipinski definition) is 3. The molecule has 0 saturated carbocycles. The highest BCUT2D eigenvalue weighted by atomic mass is 79.9. The second-order valence-corrected chi connectivity index (χ2v) is 5.07. The molecule has 8 heteroatoms. The third-order valence-corrected chi connectivity index (χ3v) is 3.14. The predicted molar refractivity (Wildman–Crippen MR) is 81.4 cm³/mol. The number of anilines is 1. The summed E-state index contributed by atoms with van der Waals surface area (Å²) in [4.78, 5) is 35.7. The number of nitrogens with one attached hydrogen (secondary N) is 2. The average Bonchev–Trinajstić information content (AvgIpc) is 2.43. The molecule has 0 atom stereocenters. The molecule has 0 fully saturated rings. The maximum atomic E-state index is 12.1. The molecule has 114 valence electrons. The number of urea groups is 1. The fourth-order valence-corrected chi connectivity index (χ4v) is 2.06. The van der Waals surface area contributed by atoms with Crippen LogP contribution in [0.1, 0.15) is 17.3 Å². The summed E-state index contributed by atoms with van der Waals surface area (Å²) in [6.45, 7) is 2.02. The van der Waals surface area contributed by atoms with Gasteiger partial charge in [0.25, 0.3) is 0 Å². The molecule has 3 N–H and O–H groups in total. The van der Waals surface area contributed by atoms with Gasteiger partial charge < -0.3 is 20.6 Å². The van der Waals surface area contributed by atoms with Crippen LogP contribution < -0.4 is 10.6 Å². The van der Waals surface area contributed by atoms with Gasteiger partial charge in [-0.25, -0.2) is 9.59 Å². The molecular formula is C13H16BrN3O4. The number of carbonyl (C=O) groups is 3. The van der Waals surface area contributed by atoms with Gasteiger partial charge in [-0.2, -0.15) is 0 Å². The third kappa shape index (κ3) is 5.07. The number of aromatic carboxylic acids is 1. The minimum atomic E-state index is -1.09. The lowest BCUT2D eigenvalue weighted by Gasteiger charge is -2.20. The highest BCUT2D eigenvalue weighted by Crippen LogP contribution is 2.20. The first-order valence-electron chi connectivity index (χ1n) is 6.17. The Kier molecular flexibility index (Phi) is 6.16. The normalized spacial score (nSPS) is 9.86. The summed E-state index contributed by atoms with van der Waals surface area (Å²) in [5.41, 5.74) is 0.385. The van der Waals surface area contributed by atoms with E-state index in [0.717, 1.165) is 0 Å². The van der Waals surface area contributed by atoms with Gasteiger partial charge in [0, 0.05) is 23.8 Å². The van der Waals surface area contributed by atoms with E-state index in [1.54, 1.807) is 13.0 Å². The summed E-state index contributed by atoms with van der Waals surface area (Å²) in [7, 11) is 1.49. The van der Waals surface area contributed by atoms with Crippen LogP contribution in [0, 0.1) is 0 Å². The summed E-state index contributed by atoms with van der Waals surface area (Å²) in [5.74, 6) is -1.38. The van der Waals surface area contributed by atoms with Crippen molar-refractivity contribution >= 4 is 39.5 Å². The largest absolute Gasteiger partial charge is 0.478 e. The number of rotatable bonds is 5. The lowest BCUT2D eigenvalue weighted by molar-refractivity contribution is -0.121. The maximum Gasteiger partial charge on any atom is 0.335 e. The molecule has 0 spiro atoms. The summed E-state index contributed by atoms with van der Waals surface area (Å²) >= 11 is 3.18. The molecule has 0 unspecified atom stereocenters. The zero-order chi connectivity index (χ0) is 16.0. The van der Waals surface area contributed by atoms with Crippen molar-refractivity contribution in [2.24, 2.45) is 0 Å². The fraction of sp³-hybridized carbons (Fsp3) is 0.308. The van der Waals surface area contributed by atoms with E-state index in [0.29, 0.717) is 16.7 Å². The van der Waals surface area contributed by atoms with E-state index in [9.17, 15) is 14.4 Å². The third-order valence-electron chi connectivity index (χ3n) is 2.68. The molecule has 1 aromatic rings. The van der Waals surface area contributed by atoms with E-state index in [2.05, 4.69) is 26.6 Å². The predicted octanol–water partition coefficient (Wildman–Crippen LogP) is 1.75. The lowest BCUT2D eigenvalue weighted by Crippen LogP contribution is -2.41. The van der Waals surface area contributed by atoms with Crippen LogP contribution in [0.4, 0.5) is 10.5 Å². The molecule has 1 aromatic carbocycles. The number of likely N-dealkylation sites (N-methyl/N-ethyl adjacent to an activating group) is 2. The topological polar surface area (TPSA) is 98.7 Å². The Balaban J connectivity index is 2.86. The Morgan fingerprint density at radius 3 is 2.48 bits per heavy atom. The van der Waals surface area contributed by atoms with Crippen LogP contribution in [0.25, 0.3) is 0 Å². The lowest BCUT2D eigenvalue weighted by atomic mass is 10.2. The first kappa shape index (κ1) is 17.0. The van der Waals surface area contributed by atoms with Gasteiger partial charge >= 0.3 is 12.0 Å². The molecule has 0 aliphatic heterocycles. The van der Waals surface area contributed by atoms with Gasteiger partial charge in [-0.15, -0.1) is 0 Å². The summed E-state index contributed by atoms with van der Waals surface area (Å²) in [6, 6.07) is 3.88. The van der Waals surface area contributed by atoms with Crippen molar-refractivity contribution in [1.82, 2.24) is 10.2 Å². The summed E-state index contributed by atoms with van der Waals surface area (Å²) in [6.07, 6.45) is 0. The summed E-state index contributed by atoms with van der Waals surface area (Å²) < 4.78 is 0.534. The van der Waals surface area contributed by atoms with Crippen molar-refractivity contribution in [3.8, 4) is 0 Å². The van der Waals surface area contributed by atoms with Gasteiger partial charge in [0.05, 0.1) is 5.56 Å². The van der Waals surface area contributed by atoms with E-state index in [1.165, 1.54) is 24.1 Å². The Labute approximate surface area is 130 Å². The quantitative estimate of drug-likeness (QED) is 0.747. The van der Waals surface area contributed by atoms with Gasteiger partial charge in [0.1, 0.15) is 6.54 Å². The molecule has 1 rings (SSSR count). The van der Waals surface area contributed by atoms with Crippen LogP contribution in [0.15, 0.2) is 22.7 Å². The number of halogens is 1. The average molecular weight is 358 g/mol. The Hall–Kier alpha value is -2.09. The second-order valence-electron chi connectivity index (χ2n) is 4.15. The highest BCUT2D eigenvalue weighted by molar-refractivity contribution is 9.10. The van der Waals surface area contributed by atoms with E-state index >= 15 is 0 Å². The van der Waals surface area contributed by atoms with Crippen molar-refractivity contribution in [2.45, 2.75) is 6.92 Å². The molecule has 3 amide bonds. The highest BCUT2D eigenvalue weighted by Gasteiger charge is 2.16. The molecule has 0 aromatic heterocycles. The van der Waals surface area contributed by atoms with Crippen LogP contribution in [0.5, 0.6) is 0 Å². The standard InChI is InChI=1S/C13H16BrN3O4/c1-3-17(7-11(18)15-2)13(21)16-10-5-8(12(19)20)4-9(14)6-10/h4-6H,3,7H2,1-2H3,(H,15,18)(H,16,21)(H,19,20). The number of carbonyl (C=O) groups excluding carboxylic acids is 2. The number of carboxylic acid groups (broad SMARTS) is 1. The monoisotopic (exact) mass is 357 g/mol. The maximum absolute atomic E-state index is 12.1. The fourth-order valence-electron chi connectivity index (χ4n) is 1.57.